The molecule has 1 N–H and O–H groups in total. The van der Waals surface area contributed by atoms with Crippen LogP contribution in [-0.4, -0.2) is 28.4 Å². The third-order valence-electron chi connectivity index (χ3n) is 3.47. The van der Waals surface area contributed by atoms with E-state index in [-0.39, 0.29) is 16.8 Å². The van der Waals surface area contributed by atoms with Gasteiger partial charge in [0.05, 0.1) is 10.9 Å². The minimum Gasteiger partial charge on any atom is -0.477 e. The minimum atomic E-state index is -0.982. The molecule has 0 unspecified atom stereocenters. The van der Waals surface area contributed by atoms with Crippen LogP contribution in [0.25, 0.3) is 0 Å². The first kappa shape index (κ1) is 13.3. The molecule has 0 radical (unpaired) electrons. The maximum atomic E-state index is 12.5. The Hall–Kier alpha value is -1.66. The second kappa shape index (κ2) is 5.38. The maximum Gasteiger partial charge on any atom is 0.345 e. The molecule has 1 amide bonds. The molecule has 2 aromatic rings. The summed E-state index contributed by atoms with van der Waals surface area (Å²) in [5, 5.41) is 13.0. The highest BCUT2D eigenvalue weighted by Gasteiger charge is 2.31. The van der Waals surface area contributed by atoms with Gasteiger partial charge in [-0.05, 0) is 47.4 Å². The minimum absolute atomic E-state index is 0.0591. The molecule has 1 atom stereocenters. The van der Waals surface area contributed by atoms with E-state index in [2.05, 4.69) is 11.4 Å². The zero-order valence-electron chi connectivity index (χ0n) is 10.6. The Morgan fingerprint density at radius 1 is 1.25 bits per heavy atom. The van der Waals surface area contributed by atoms with Gasteiger partial charge in [0, 0.05) is 6.54 Å². The Morgan fingerprint density at radius 2 is 2.05 bits per heavy atom. The lowest BCUT2D eigenvalue weighted by Crippen LogP contribution is -2.29. The zero-order chi connectivity index (χ0) is 14.1. The van der Waals surface area contributed by atoms with Crippen LogP contribution in [0, 0.1) is 0 Å². The smallest absolute Gasteiger partial charge is 0.345 e. The Bertz CT molecular complexity index is 633. The maximum absolute atomic E-state index is 12.5. The van der Waals surface area contributed by atoms with E-state index in [0.29, 0.717) is 4.88 Å². The van der Waals surface area contributed by atoms with E-state index in [9.17, 15) is 9.59 Å². The van der Waals surface area contributed by atoms with Crippen molar-refractivity contribution in [1.29, 1.82) is 0 Å². The third-order valence-corrected chi connectivity index (χ3v) is 5.23. The first-order chi connectivity index (χ1) is 9.66. The number of thiophene rings is 2. The van der Waals surface area contributed by atoms with Gasteiger partial charge in [-0.15, -0.1) is 11.3 Å². The van der Waals surface area contributed by atoms with Gasteiger partial charge >= 0.3 is 5.97 Å². The Kier molecular flexibility index (Phi) is 3.58. The quantitative estimate of drug-likeness (QED) is 0.944. The van der Waals surface area contributed by atoms with Gasteiger partial charge < -0.3 is 10.0 Å². The molecule has 4 nitrogen and oxygen atoms in total. The summed E-state index contributed by atoms with van der Waals surface area (Å²) >= 11 is 2.68. The number of carbonyl (C=O) groups is 2. The van der Waals surface area contributed by atoms with E-state index in [1.54, 1.807) is 17.4 Å². The van der Waals surface area contributed by atoms with Crippen molar-refractivity contribution in [2.75, 3.05) is 6.54 Å². The number of carbonyl (C=O) groups excluding carboxylic acids is 1. The van der Waals surface area contributed by atoms with Crippen molar-refractivity contribution < 1.29 is 14.7 Å². The lowest BCUT2D eigenvalue weighted by atomic mass is 10.1. The highest BCUT2D eigenvalue weighted by atomic mass is 32.1. The number of carboxylic acid groups (broad SMARTS) is 1. The summed E-state index contributed by atoms with van der Waals surface area (Å²) in [7, 11) is 0. The van der Waals surface area contributed by atoms with Crippen LogP contribution in [0.15, 0.2) is 29.0 Å². The molecular weight excluding hydrogens is 294 g/mol. The molecule has 0 spiro atoms. The second-order valence-electron chi connectivity index (χ2n) is 4.68. The summed E-state index contributed by atoms with van der Waals surface area (Å²) in [6, 6.07) is 5.29. The van der Waals surface area contributed by atoms with Gasteiger partial charge in [0.15, 0.2) is 0 Å². The number of nitrogens with zero attached hydrogens (tertiary/aromatic N) is 1. The van der Waals surface area contributed by atoms with Crippen LogP contribution in [0.4, 0.5) is 0 Å². The number of amides is 1. The van der Waals surface area contributed by atoms with Crippen LogP contribution in [0.1, 0.15) is 43.8 Å². The third kappa shape index (κ3) is 2.36. The van der Waals surface area contributed by atoms with E-state index in [0.717, 1.165) is 30.7 Å². The molecule has 0 aromatic carbocycles. The first-order valence-electron chi connectivity index (χ1n) is 6.33. The molecule has 0 saturated carbocycles. The first-order valence-corrected chi connectivity index (χ1v) is 8.09. The SMILES string of the molecule is O=C(O)c1ccc(C(=O)N2CCC[C@H]2c2ccsc2)s1. The van der Waals surface area contributed by atoms with Crippen molar-refractivity contribution >= 4 is 34.6 Å². The molecule has 104 valence electrons. The van der Waals surface area contributed by atoms with Crippen LogP contribution in [-0.2, 0) is 0 Å². The average molecular weight is 307 g/mol. The highest BCUT2D eigenvalue weighted by Crippen LogP contribution is 2.35. The summed E-state index contributed by atoms with van der Waals surface area (Å²) in [6.07, 6.45) is 1.96. The van der Waals surface area contributed by atoms with Gasteiger partial charge in [-0.3, -0.25) is 4.79 Å². The van der Waals surface area contributed by atoms with Crippen LogP contribution in [0.3, 0.4) is 0 Å². The summed E-state index contributed by atoms with van der Waals surface area (Å²) in [6.45, 7) is 0.736. The molecule has 20 heavy (non-hydrogen) atoms. The van der Waals surface area contributed by atoms with E-state index in [4.69, 9.17) is 5.11 Å². The standard InChI is InChI=1S/C14H13NO3S2/c16-13(11-3-4-12(20-11)14(17)18)15-6-1-2-10(15)9-5-7-19-8-9/h3-5,7-8,10H,1-2,6H2,(H,17,18)/t10-/m0/s1. The van der Waals surface area contributed by atoms with Crippen LogP contribution < -0.4 is 0 Å². The van der Waals surface area contributed by atoms with Crippen LogP contribution >= 0.6 is 22.7 Å². The zero-order valence-corrected chi connectivity index (χ0v) is 12.2. The van der Waals surface area contributed by atoms with Crippen LogP contribution in [0.2, 0.25) is 0 Å². The topological polar surface area (TPSA) is 57.6 Å². The molecule has 3 heterocycles. The van der Waals surface area contributed by atoms with E-state index in [1.165, 1.54) is 11.6 Å². The highest BCUT2D eigenvalue weighted by molar-refractivity contribution is 7.15. The fraction of sp³-hybridized carbons (Fsp3) is 0.286. The van der Waals surface area contributed by atoms with Gasteiger partial charge in [-0.25, -0.2) is 4.79 Å². The van der Waals surface area contributed by atoms with Crippen molar-refractivity contribution in [1.82, 2.24) is 4.90 Å². The normalized spacial score (nSPS) is 18.4. The predicted molar refractivity (Wildman–Crippen MR) is 78.6 cm³/mol. The average Bonchev–Trinajstić information content (AvgIpc) is 3.17. The summed E-state index contributed by atoms with van der Waals surface area (Å²) in [5.74, 6) is -1.04. The fourth-order valence-corrected chi connectivity index (χ4v) is 4.04. The molecule has 0 aliphatic carbocycles. The van der Waals surface area contributed by atoms with Crippen molar-refractivity contribution in [3.63, 3.8) is 0 Å². The molecule has 1 aliphatic rings. The Morgan fingerprint density at radius 3 is 2.70 bits per heavy atom. The van der Waals surface area contributed by atoms with Gasteiger partial charge in [0.2, 0.25) is 0 Å². The second-order valence-corrected chi connectivity index (χ2v) is 6.55. The number of likely N-dealkylation sites (tertiary alicyclic amines) is 1. The fourth-order valence-electron chi connectivity index (χ4n) is 2.53. The van der Waals surface area contributed by atoms with E-state index in [1.807, 2.05) is 10.3 Å². The number of carboxylic acids is 1. The van der Waals surface area contributed by atoms with E-state index >= 15 is 0 Å². The number of rotatable bonds is 3. The largest absolute Gasteiger partial charge is 0.477 e. The number of aromatic carboxylic acids is 1. The molecular formula is C14H13NO3S2. The van der Waals surface area contributed by atoms with Gasteiger partial charge in [0.25, 0.3) is 5.91 Å². The monoisotopic (exact) mass is 307 g/mol. The lowest BCUT2D eigenvalue weighted by molar-refractivity contribution is 0.0701. The molecule has 6 heteroatoms. The number of hydrogen-bond donors (Lipinski definition) is 1. The molecule has 1 saturated heterocycles. The van der Waals surface area contributed by atoms with E-state index < -0.39 is 5.97 Å². The van der Waals surface area contributed by atoms with Crippen molar-refractivity contribution in [3.8, 4) is 0 Å². The molecule has 1 aliphatic heterocycles. The molecule has 1 fully saturated rings. The Labute approximate surface area is 124 Å². The van der Waals surface area contributed by atoms with Crippen LogP contribution in [0.5, 0.6) is 0 Å². The predicted octanol–water partition coefficient (Wildman–Crippen LogP) is 3.49. The van der Waals surface area contributed by atoms with Crippen molar-refractivity contribution in [2.24, 2.45) is 0 Å². The van der Waals surface area contributed by atoms with Crippen molar-refractivity contribution in [3.05, 3.63) is 44.3 Å². The summed E-state index contributed by atoms with van der Waals surface area (Å²) in [4.78, 5) is 26.0. The molecule has 0 bridgehead atoms. The van der Waals surface area contributed by atoms with Gasteiger partial charge in [-0.1, -0.05) is 0 Å². The molecule has 2 aromatic heterocycles. The number of hydrogen-bond acceptors (Lipinski definition) is 4. The van der Waals surface area contributed by atoms with Gasteiger partial charge in [0.1, 0.15) is 4.88 Å². The lowest BCUT2D eigenvalue weighted by Gasteiger charge is -2.23. The Balaban J connectivity index is 1.83. The van der Waals surface area contributed by atoms with Gasteiger partial charge in [-0.2, -0.15) is 11.3 Å². The molecule has 3 rings (SSSR count). The van der Waals surface area contributed by atoms with Crippen molar-refractivity contribution in [2.45, 2.75) is 18.9 Å². The summed E-state index contributed by atoms with van der Waals surface area (Å²) < 4.78 is 0. The summed E-state index contributed by atoms with van der Waals surface area (Å²) in [5.41, 5.74) is 1.18.